The molecule has 10 nitrogen and oxygen atoms in total. The summed E-state index contributed by atoms with van der Waals surface area (Å²) in [6.07, 6.45) is 2.60. The van der Waals surface area contributed by atoms with E-state index in [9.17, 15) is 28.4 Å². The molecule has 0 unspecified atom stereocenters. The molecule has 1 spiro atoms. The first-order chi connectivity index (χ1) is 16.1. The Bertz CT molecular complexity index is 965. The molecular weight excluding hydrogens is 467 g/mol. The maximum Gasteiger partial charge on any atom is 0.344 e. The van der Waals surface area contributed by atoms with Crippen molar-refractivity contribution in [3.8, 4) is 0 Å². The third kappa shape index (κ3) is 6.25. The van der Waals surface area contributed by atoms with Crippen LogP contribution >= 0.6 is 11.8 Å². The number of hydrogen-bond acceptors (Lipinski definition) is 7. The number of nitrogens with zero attached hydrogens (tertiary/aromatic N) is 1. The molecule has 1 heterocycles. The summed E-state index contributed by atoms with van der Waals surface area (Å²) in [6, 6.07) is 4.53. The summed E-state index contributed by atoms with van der Waals surface area (Å²) in [4.78, 5) is 61.3. The van der Waals surface area contributed by atoms with Gasteiger partial charge in [0.15, 0.2) is 6.61 Å². The van der Waals surface area contributed by atoms with Crippen LogP contribution in [0.3, 0.4) is 0 Å². The van der Waals surface area contributed by atoms with Crippen LogP contribution < -0.4 is 16.1 Å². The van der Waals surface area contributed by atoms with Gasteiger partial charge in [-0.25, -0.2) is 9.18 Å². The zero-order valence-electron chi connectivity index (χ0n) is 18.9. The number of carbonyl (C=O) groups is 5. The molecule has 1 aromatic rings. The first-order valence-electron chi connectivity index (χ1n) is 10.9. The highest BCUT2D eigenvalue weighted by Gasteiger charge is 2.52. The molecule has 3 rings (SSSR count). The molecule has 1 aliphatic heterocycles. The Morgan fingerprint density at radius 3 is 2.50 bits per heavy atom. The quantitative estimate of drug-likeness (QED) is 0.372. The average Bonchev–Trinajstić information content (AvgIpc) is 3.03. The average molecular weight is 495 g/mol. The van der Waals surface area contributed by atoms with Gasteiger partial charge >= 0.3 is 12.0 Å². The van der Waals surface area contributed by atoms with E-state index in [2.05, 4.69) is 23.0 Å². The van der Waals surface area contributed by atoms with E-state index in [0.717, 1.165) is 24.6 Å². The number of nitrogens with one attached hydrogen (secondary N) is 3. The van der Waals surface area contributed by atoms with E-state index in [1.807, 2.05) is 0 Å². The first kappa shape index (κ1) is 25.5. The molecule has 12 heteroatoms. The smallest absolute Gasteiger partial charge is 0.344 e. The van der Waals surface area contributed by atoms with Crippen molar-refractivity contribution in [3.63, 3.8) is 0 Å². The van der Waals surface area contributed by atoms with Crippen molar-refractivity contribution in [2.24, 2.45) is 5.92 Å². The number of rotatable bonds is 8. The number of halogens is 1. The number of imide groups is 1. The van der Waals surface area contributed by atoms with Crippen molar-refractivity contribution < 1.29 is 33.1 Å². The van der Waals surface area contributed by atoms with Crippen LogP contribution in [0.5, 0.6) is 0 Å². The molecule has 0 bridgehead atoms. The summed E-state index contributed by atoms with van der Waals surface area (Å²) in [5.41, 5.74) is 1.62. The van der Waals surface area contributed by atoms with Gasteiger partial charge in [0, 0.05) is 5.69 Å². The highest BCUT2D eigenvalue weighted by atomic mass is 32.2. The second-order valence-corrected chi connectivity index (χ2v) is 9.82. The summed E-state index contributed by atoms with van der Waals surface area (Å²) >= 11 is 0.994. The number of esters is 1. The van der Waals surface area contributed by atoms with Crippen LogP contribution in [0.25, 0.3) is 0 Å². The minimum Gasteiger partial charge on any atom is -0.455 e. The lowest BCUT2D eigenvalue weighted by Crippen LogP contribution is -2.52. The molecule has 1 saturated carbocycles. The van der Waals surface area contributed by atoms with Gasteiger partial charge in [0.2, 0.25) is 5.91 Å². The predicted octanol–water partition coefficient (Wildman–Crippen LogP) is 1.96. The van der Waals surface area contributed by atoms with Crippen LogP contribution in [0.4, 0.5) is 14.9 Å². The van der Waals surface area contributed by atoms with Crippen LogP contribution in [-0.2, 0) is 23.9 Å². The van der Waals surface area contributed by atoms with Gasteiger partial charge in [-0.15, -0.1) is 11.8 Å². The summed E-state index contributed by atoms with van der Waals surface area (Å²) in [6.45, 7) is 2.91. The summed E-state index contributed by atoms with van der Waals surface area (Å²) in [7, 11) is 0. The van der Waals surface area contributed by atoms with Crippen molar-refractivity contribution >= 4 is 47.2 Å². The minimum atomic E-state index is -0.993. The van der Waals surface area contributed by atoms with Gasteiger partial charge < -0.3 is 15.4 Å². The number of urea groups is 1. The third-order valence-electron chi connectivity index (χ3n) is 5.80. The van der Waals surface area contributed by atoms with E-state index in [-0.39, 0.29) is 5.75 Å². The zero-order valence-corrected chi connectivity index (χ0v) is 19.7. The Morgan fingerprint density at radius 1 is 1.21 bits per heavy atom. The third-order valence-corrected chi connectivity index (χ3v) is 6.92. The Balaban J connectivity index is 1.39. The lowest BCUT2D eigenvalue weighted by molar-refractivity contribution is -0.150. The Labute approximate surface area is 200 Å². The van der Waals surface area contributed by atoms with Gasteiger partial charge in [0.05, 0.1) is 5.75 Å². The molecular formula is C22H27FN4O6S. The number of amides is 5. The van der Waals surface area contributed by atoms with E-state index in [1.54, 1.807) is 0 Å². The van der Waals surface area contributed by atoms with E-state index in [1.165, 1.54) is 31.2 Å². The molecule has 34 heavy (non-hydrogen) atoms. The Hall–Kier alpha value is -3.15. The van der Waals surface area contributed by atoms with Crippen molar-refractivity contribution in [2.45, 2.75) is 50.3 Å². The summed E-state index contributed by atoms with van der Waals surface area (Å²) in [5, 5.41) is 5.14. The van der Waals surface area contributed by atoms with Crippen LogP contribution in [0.15, 0.2) is 24.3 Å². The van der Waals surface area contributed by atoms with Crippen LogP contribution in [0.2, 0.25) is 0 Å². The number of carbonyl (C=O) groups excluding carboxylic acids is 5. The maximum atomic E-state index is 12.9. The maximum absolute atomic E-state index is 12.9. The van der Waals surface area contributed by atoms with Crippen LogP contribution in [-0.4, -0.2) is 57.9 Å². The van der Waals surface area contributed by atoms with E-state index >= 15 is 0 Å². The van der Waals surface area contributed by atoms with Gasteiger partial charge in [-0.1, -0.05) is 6.92 Å². The van der Waals surface area contributed by atoms with E-state index < -0.39 is 52.9 Å². The fraction of sp³-hybridized carbons (Fsp3) is 0.500. The zero-order chi connectivity index (χ0) is 24.9. The summed E-state index contributed by atoms with van der Waals surface area (Å²) in [5.74, 6) is -2.49. The van der Waals surface area contributed by atoms with Crippen molar-refractivity contribution in [1.29, 1.82) is 0 Å². The normalized spacial score (nSPS) is 22.8. The molecule has 2 fully saturated rings. The van der Waals surface area contributed by atoms with E-state index in [4.69, 9.17) is 4.74 Å². The number of benzene rings is 1. The lowest BCUT2D eigenvalue weighted by atomic mass is 9.77. The summed E-state index contributed by atoms with van der Waals surface area (Å²) < 4.78 is 17.9. The number of hydrogen-bond donors (Lipinski definition) is 3. The van der Waals surface area contributed by atoms with Crippen molar-refractivity contribution in [2.75, 3.05) is 17.7 Å². The second kappa shape index (κ2) is 10.9. The molecule has 5 amide bonds. The van der Waals surface area contributed by atoms with Gasteiger partial charge in [-0.05, 0) is 62.8 Å². The highest BCUT2D eigenvalue weighted by Crippen LogP contribution is 2.35. The molecule has 0 radical (unpaired) electrons. The second-order valence-electron chi connectivity index (χ2n) is 8.49. The number of hydrazine groups is 1. The van der Waals surface area contributed by atoms with Gasteiger partial charge in [-0.2, -0.15) is 5.01 Å². The molecule has 3 N–H and O–H groups in total. The molecule has 1 saturated heterocycles. The standard InChI is InChI=1S/C22H27FN4O6S/c1-13-7-9-22(10-8-13)20(31)27(21(32)25-22)26-17(28)11-33-19(30)14(2)34-12-18(29)24-16-5-3-15(23)4-6-16/h3-6,13-14H,7-12H2,1-2H3,(H,24,29)(H,25,32)(H,26,28)/t13?,14-,22?/m0/s1. The number of anilines is 1. The van der Waals surface area contributed by atoms with Gasteiger partial charge in [-0.3, -0.25) is 24.6 Å². The van der Waals surface area contributed by atoms with Gasteiger partial charge in [0.1, 0.15) is 16.6 Å². The predicted molar refractivity (Wildman–Crippen MR) is 122 cm³/mol. The van der Waals surface area contributed by atoms with Crippen molar-refractivity contribution in [1.82, 2.24) is 15.8 Å². The van der Waals surface area contributed by atoms with E-state index in [0.29, 0.717) is 29.5 Å². The minimum absolute atomic E-state index is 0.0665. The fourth-order valence-electron chi connectivity index (χ4n) is 3.73. The Morgan fingerprint density at radius 2 is 1.85 bits per heavy atom. The fourth-order valence-corrected chi connectivity index (χ4v) is 4.40. The highest BCUT2D eigenvalue weighted by molar-refractivity contribution is 8.01. The largest absolute Gasteiger partial charge is 0.455 e. The molecule has 1 aromatic carbocycles. The Kier molecular flexibility index (Phi) is 8.13. The molecule has 0 aromatic heterocycles. The lowest BCUT2D eigenvalue weighted by Gasteiger charge is -2.33. The number of thioether (sulfide) groups is 1. The first-order valence-corrected chi connectivity index (χ1v) is 11.9. The molecule has 184 valence electrons. The monoisotopic (exact) mass is 494 g/mol. The SMILES string of the molecule is CC1CCC2(CC1)NC(=O)N(NC(=O)COC(=O)[C@H](C)SCC(=O)Nc1ccc(F)cc1)C2=O. The van der Waals surface area contributed by atoms with Gasteiger partial charge in [0.25, 0.3) is 11.8 Å². The van der Waals surface area contributed by atoms with Crippen LogP contribution in [0.1, 0.15) is 39.5 Å². The topological polar surface area (TPSA) is 134 Å². The molecule has 1 aliphatic carbocycles. The van der Waals surface area contributed by atoms with Crippen LogP contribution in [0, 0.1) is 11.7 Å². The number of ether oxygens (including phenoxy) is 1. The molecule has 1 atom stereocenters. The molecule has 2 aliphatic rings. The van der Waals surface area contributed by atoms with Crippen molar-refractivity contribution in [3.05, 3.63) is 30.1 Å².